The first kappa shape index (κ1) is 12.6. The Morgan fingerprint density at radius 3 is 2.78 bits per heavy atom. The van der Waals surface area contributed by atoms with Crippen molar-refractivity contribution in [2.45, 2.75) is 58.5 Å². The van der Waals surface area contributed by atoms with E-state index in [-0.39, 0.29) is 23.5 Å². The molecule has 7 atom stereocenters. The molecule has 1 heterocycles. The van der Waals surface area contributed by atoms with Crippen LogP contribution in [0.2, 0.25) is 0 Å². The van der Waals surface area contributed by atoms with E-state index in [1.54, 1.807) is 0 Å². The van der Waals surface area contributed by atoms with Gasteiger partial charge in [0.1, 0.15) is 0 Å². The summed E-state index contributed by atoms with van der Waals surface area (Å²) in [6, 6.07) is 0. The molecule has 2 unspecified atom stereocenters. The predicted molar refractivity (Wildman–Crippen MR) is 68.7 cm³/mol. The maximum Gasteiger partial charge on any atom is 0.157 e. The van der Waals surface area contributed by atoms with Crippen molar-refractivity contribution >= 4 is 0 Å². The third kappa shape index (κ3) is 1.54. The molecule has 3 heteroatoms. The SMILES string of the molecule is C[C@@H]1C(O)O[C@@H]2CCC3=CC(O)C[C@H](C)[C@@]3(C)[C@@H]12. The quantitative estimate of drug-likeness (QED) is 0.649. The molecule has 3 aliphatic rings. The van der Waals surface area contributed by atoms with Crippen LogP contribution in [0.15, 0.2) is 11.6 Å². The average Bonchev–Trinajstić information content (AvgIpc) is 2.58. The zero-order valence-electron chi connectivity index (χ0n) is 11.5. The van der Waals surface area contributed by atoms with Crippen LogP contribution < -0.4 is 0 Å². The molecule has 0 bridgehead atoms. The summed E-state index contributed by atoms with van der Waals surface area (Å²) in [5.74, 6) is 1.01. The van der Waals surface area contributed by atoms with Crippen LogP contribution in [0.3, 0.4) is 0 Å². The molecule has 0 amide bonds. The van der Waals surface area contributed by atoms with Crippen LogP contribution in [0.1, 0.15) is 40.0 Å². The molecule has 0 radical (unpaired) electrons. The number of hydrogen-bond acceptors (Lipinski definition) is 3. The fourth-order valence-corrected chi connectivity index (χ4v) is 4.68. The van der Waals surface area contributed by atoms with E-state index in [1.165, 1.54) is 5.57 Å². The molecule has 1 saturated carbocycles. The standard InChI is InChI=1S/C15H24O3/c1-8-6-11(16)7-10-4-5-12-13(15(8,10)3)9(2)14(17)18-12/h7-9,11-14,16-17H,4-6H2,1-3H3/t8-,9-,11?,12+,13-,14?,15+/m0/s1. The molecule has 2 aliphatic carbocycles. The fraction of sp³-hybridized carbons (Fsp3) is 0.867. The van der Waals surface area contributed by atoms with Gasteiger partial charge in [-0.1, -0.05) is 32.4 Å². The molecule has 102 valence electrons. The van der Waals surface area contributed by atoms with E-state index in [0.717, 1.165) is 19.3 Å². The van der Waals surface area contributed by atoms with Gasteiger partial charge in [0, 0.05) is 11.8 Å². The molecular weight excluding hydrogens is 228 g/mol. The third-order valence-corrected chi connectivity index (χ3v) is 5.83. The van der Waals surface area contributed by atoms with Gasteiger partial charge in [0.25, 0.3) is 0 Å². The number of fused-ring (bicyclic) bond motifs is 3. The molecule has 3 nitrogen and oxygen atoms in total. The summed E-state index contributed by atoms with van der Waals surface area (Å²) in [4.78, 5) is 0. The monoisotopic (exact) mass is 252 g/mol. The van der Waals surface area contributed by atoms with Gasteiger partial charge in [-0.05, 0) is 30.6 Å². The van der Waals surface area contributed by atoms with Gasteiger partial charge in [-0.3, -0.25) is 0 Å². The van der Waals surface area contributed by atoms with Crippen LogP contribution in [0.5, 0.6) is 0 Å². The Labute approximate surface area is 109 Å². The Kier molecular flexibility index (Phi) is 2.85. The van der Waals surface area contributed by atoms with Crippen molar-refractivity contribution in [1.29, 1.82) is 0 Å². The molecule has 0 spiro atoms. The topological polar surface area (TPSA) is 49.7 Å². The number of rotatable bonds is 0. The lowest BCUT2D eigenvalue weighted by Gasteiger charge is -2.52. The van der Waals surface area contributed by atoms with E-state index in [1.807, 2.05) is 0 Å². The zero-order chi connectivity index (χ0) is 13.1. The highest BCUT2D eigenvalue weighted by molar-refractivity contribution is 5.26. The third-order valence-electron chi connectivity index (χ3n) is 5.83. The summed E-state index contributed by atoms with van der Waals surface area (Å²) in [5, 5.41) is 19.9. The Bertz CT molecular complexity index is 378. The molecule has 3 rings (SSSR count). The number of hydrogen-bond donors (Lipinski definition) is 2. The molecular formula is C15H24O3. The van der Waals surface area contributed by atoms with Crippen LogP contribution in [-0.4, -0.2) is 28.7 Å². The maximum atomic E-state index is 9.98. The van der Waals surface area contributed by atoms with Gasteiger partial charge in [0.05, 0.1) is 12.2 Å². The maximum absolute atomic E-state index is 9.98. The summed E-state index contributed by atoms with van der Waals surface area (Å²) in [7, 11) is 0. The second-order valence-electron chi connectivity index (χ2n) is 6.67. The average molecular weight is 252 g/mol. The van der Waals surface area contributed by atoms with Gasteiger partial charge >= 0.3 is 0 Å². The second-order valence-corrected chi connectivity index (χ2v) is 6.67. The summed E-state index contributed by atoms with van der Waals surface area (Å²) in [5.41, 5.74) is 1.47. The number of aliphatic hydroxyl groups is 2. The van der Waals surface area contributed by atoms with Crippen LogP contribution >= 0.6 is 0 Å². The van der Waals surface area contributed by atoms with Crippen LogP contribution in [0.4, 0.5) is 0 Å². The van der Waals surface area contributed by atoms with Crippen LogP contribution in [0.25, 0.3) is 0 Å². The van der Waals surface area contributed by atoms with E-state index in [2.05, 4.69) is 26.8 Å². The van der Waals surface area contributed by atoms with Gasteiger partial charge in [-0.2, -0.15) is 0 Å². The van der Waals surface area contributed by atoms with Gasteiger partial charge in [0.15, 0.2) is 6.29 Å². The van der Waals surface area contributed by atoms with Gasteiger partial charge in [-0.25, -0.2) is 0 Å². The van der Waals surface area contributed by atoms with Crippen LogP contribution in [0, 0.1) is 23.2 Å². The minimum absolute atomic E-state index is 0.0824. The minimum atomic E-state index is -0.616. The van der Waals surface area contributed by atoms with Crippen molar-refractivity contribution in [3.63, 3.8) is 0 Å². The van der Waals surface area contributed by atoms with E-state index >= 15 is 0 Å². The highest BCUT2D eigenvalue weighted by Crippen LogP contribution is 2.59. The van der Waals surface area contributed by atoms with E-state index < -0.39 is 6.29 Å². The molecule has 2 N–H and O–H groups in total. The first-order valence-electron chi connectivity index (χ1n) is 7.17. The predicted octanol–water partition coefficient (Wildman–Crippen LogP) is 2.08. The fourth-order valence-electron chi connectivity index (χ4n) is 4.68. The molecule has 0 aromatic heterocycles. The number of allylic oxidation sites excluding steroid dienone is 1. The number of aliphatic hydroxyl groups excluding tert-OH is 2. The Hall–Kier alpha value is -0.380. The van der Waals surface area contributed by atoms with Crippen molar-refractivity contribution in [3.05, 3.63) is 11.6 Å². The molecule has 0 aromatic rings. The minimum Gasteiger partial charge on any atom is -0.389 e. The van der Waals surface area contributed by atoms with Gasteiger partial charge < -0.3 is 14.9 Å². The van der Waals surface area contributed by atoms with Crippen molar-refractivity contribution in [2.75, 3.05) is 0 Å². The van der Waals surface area contributed by atoms with Gasteiger partial charge in [0.2, 0.25) is 0 Å². The highest BCUT2D eigenvalue weighted by Gasteiger charge is 2.57. The summed E-state index contributed by atoms with van der Waals surface area (Å²) in [6.07, 6.45) is 4.15. The summed E-state index contributed by atoms with van der Waals surface area (Å²) < 4.78 is 5.73. The second kappa shape index (κ2) is 4.06. The van der Waals surface area contributed by atoms with Crippen molar-refractivity contribution in [1.82, 2.24) is 0 Å². The Morgan fingerprint density at radius 2 is 2.06 bits per heavy atom. The van der Waals surface area contributed by atoms with Crippen molar-refractivity contribution in [2.24, 2.45) is 23.2 Å². The lowest BCUT2D eigenvalue weighted by Crippen LogP contribution is -2.48. The first-order chi connectivity index (χ1) is 8.44. The molecule has 0 aromatic carbocycles. The molecule has 1 aliphatic heterocycles. The smallest absolute Gasteiger partial charge is 0.157 e. The van der Waals surface area contributed by atoms with Crippen LogP contribution in [-0.2, 0) is 4.74 Å². The Balaban J connectivity index is 2.02. The first-order valence-corrected chi connectivity index (χ1v) is 7.17. The molecule has 18 heavy (non-hydrogen) atoms. The van der Waals surface area contributed by atoms with E-state index in [9.17, 15) is 10.2 Å². The highest BCUT2D eigenvalue weighted by atomic mass is 16.6. The molecule has 2 fully saturated rings. The summed E-state index contributed by atoms with van der Waals surface area (Å²) in [6.45, 7) is 6.64. The normalized spacial score (nSPS) is 55.7. The lowest BCUT2D eigenvalue weighted by molar-refractivity contribution is -0.110. The van der Waals surface area contributed by atoms with E-state index in [4.69, 9.17) is 4.74 Å². The largest absolute Gasteiger partial charge is 0.389 e. The Morgan fingerprint density at radius 1 is 1.33 bits per heavy atom. The summed E-state index contributed by atoms with van der Waals surface area (Å²) >= 11 is 0. The number of ether oxygens (including phenoxy) is 1. The van der Waals surface area contributed by atoms with Gasteiger partial charge in [-0.15, -0.1) is 0 Å². The molecule has 1 saturated heterocycles. The van der Waals surface area contributed by atoms with Crippen molar-refractivity contribution in [3.8, 4) is 0 Å². The van der Waals surface area contributed by atoms with E-state index in [0.29, 0.717) is 11.8 Å². The zero-order valence-corrected chi connectivity index (χ0v) is 11.5. The lowest BCUT2D eigenvalue weighted by atomic mass is 9.52. The van der Waals surface area contributed by atoms with Crippen molar-refractivity contribution < 1.29 is 14.9 Å².